The van der Waals surface area contributed by atoms with Crippen molar-refractivity contribution < 1.29 is 19.4 Å². The summed E-state index contributed by atoms with van der Waals surface area (Å²) in [5.74, 6) is -0.944. The second kappa shape index (κ2) is 8.50. The molecule has 2 aliphatic rings. The number of amides is 1. The summed E-state index contributed by atoms with van der Waals surface area (Å²) in [6.45, 7) is 0.893. The van der Waals surface area contributed by atoms with Crippen LogP contribution in [-0.4, -0.2) is 35.2 Å². The molecule has 1 N–H and O–H groups in total. The van der Waals surface area contributed by atoms with Crippen LogP contribution in [-0.2, 0) is 4.74 Å². The molecule has 0 radical (unpaired) electrons. The molecule has 1 unspecified atom stereocenters. The summed E-state index contributed by atoms with van der Waals surface area (Å²) < 4.78 is 5.88. The Bertz CT molecular complexity index is 1130. The fourth-order valence-electron chi connectivity index (χ4n) is 5.05. The van der Waals surface area contributed by atoms with Crippen molar-refractivity contribution in [2.45, 2.75) is 31.2 Å². The van der Waals surface area contributed by atoms with Gasteiger partial charge in [-0.05, 0) is 59.2 Å². The van der Waals surface area contributed by atoms with Gasteiger partial charge in [-0.15, -0.1) is 0 Å². The minimum absolute atomic E-state index is 0.0185. The van der Waals surface area contributed by atoms with Crippen LogP contribution < -0.4 is 0 Å². The molecule has 3 aromatic carbocycles. The van der Waals surface area contributed by atoms with Crippen LogP contribution in [0.4, 0.5) is 4.79 Å². The van der Waals surface area contributed by atoms with Gasteiger partial charge in [0.1, 0.15) is 6.61 Å². The summed E-state index contributed by atoms with van der Waals surface area (Å²) >= 11 is 0. The number of ether oxygens (including phenoxy) is 1. The fraction of sp³-hybridized carbons (Fsp3) is 0.259. The summed E-state index contributed by atoms with van der Waals surface area (Å²) in [6.07, 6.45) is 2.37. The quantitative estimate of drug-likeness (QED) is 0.566. The van der Waals surface area contributed by atoms with E-state index in [1.165, 1.54) is 22.3 Å². The maximum absolute atomic E-state index is 13.2. The van der Waals surface area contributed by atoms with E-state index in [-0.39, 0.29) is 30.2 Å². The molecular weight excluding hydrogens is 402 g/mol. The molecule has 5 nitrogen and oxygen atoms in total. The Hall–Kier alpha value is -3.60. The Kier molecular flexibility index (Phi) is 5.39. The highest BCUT2D eigenvalue weighted by molar-refractivity contribution is 5.87. The highest BCUT2D eigenvalue weighted by Gasteiger charge is 2.32. The number of carbonyl (C=O) groups is 2. The van der Waals surface area contributed by atoms with Gasteiger partial charge in [0.15, 0.2) is 0 Å². The number of nitrogens with zero attached hydrogens (tertiary/aromatic N) is 1. The lowest BCUT2D eigenvalue weighted by Gasteiger charge is -2.35. The minimum atomic E-state index is -0.963. The number of carbonyl (C=O) groups excluding carboxylic acids is 1. The number of fused-ring (bicyclic) bond motifs is 3. The number of hydrogen-bond donors (Lipinski definition) is 1. The Labute approximate surface area is 187 Å². The lowest BCUT2D eigenvalue weighted by molar-refractivity contribution is 0.0695. The zero-order valence-electron chi connectivity index (χ0n) is 17.7. The van der Waals surface area contributed by atoms with Crippen molar-refractivity contribution in [3.8, 4) is 11.1 Å². The summed E-state index contributed by atoms with van der Waals surface area (Å²) in [5, 5.41) is 9.34. The molecule has 0 aromatic heterocycles. The van der Waals surface area contributed by atoms with Crippen LogP contribution >= 0.6 is 0 Å². The van der Waals surface area contributed by atoms with E-state index in [9.17, 15) is 14.7 Å². The lowest BCUT2D eigenvalue weighted by atomic mass is 9.94. The van der Waals surface area contributed by atoms with Crippen molar-refractivity contribution in [2.24, 2.45) is 0 Å². The molecule has 1 aliphatic carbocycles. The van der Waals surface area contributed by atoms with Crippen LogP contribution in [0.1, 0.15) is 58.3 Å². The lowest BCUT2D eigenvalue weighted by Crippen LogP contribution is -2.39. The molecule has 1 heterocycles. The molecule has 0 saturated carbocycles. The van der Waals surface area contributed by atoms with Gasteiger partial charge in [-0.1, -0.05) is 60.7 Å². The van der Waals surface area contributed by atoms with Crippen molar-refractivity contribution in [3.63, 3.8) is 0 Å². The van der Waals surface area contributed by atoms with Crippen LogP contribution in [0.3, 0.4) is 0 Å². The van der Waals surface area contributed by atoms with E-state index < -0.39 is 5.97 Å². The Morgan fingerprint density at radius 1 is 0.906 bits per heavy atom. The molecule has 1 fully saturated rings. The summed E-state index contributed by atoms with van der Waals surface area (Å²) in [5.41, 5.74) is 5.85. The van der Waals surface area contributed by atoms with Crippen molar-refractivity contribution in [1.82, 2.24) is 4.90 Å². The predicted octanol–water partition coefficient (Wildman–Crippen LogP) is 5.86. The monoisotopic (exact) mass is 427 g/mol. The highest BCUT2D eigenvalue weighted by Crippen LogP contribution is 2.44. The number of carboxylic acids is 1. The third kappa shape index (κ3) is 3.64. The topological polar surface area (TPSA) is 66.8 Å². The predicted molar refractivity (Wildman–Crippen MR) is 122 cm³/mol. The van der Waals surface area contributed by atoms with Crippen LogP contribution in [0.2, 0.25) is 0 Å². The third-order valence-corrected chi connectivity index (χ3v) is 6.59. The Morgan fingerprint density at radius 2 is 1.59 bits per heavy atom. The second-order valence-electron chi connectivity index (χ2n) is 8.44. The third-order valence-electron chi connectivity index (χ3n) is 6.59. The van der Waals surface area contributed by atoms with E-state index >= 15 is 0 Å². The SMILES string of the molecule is O=C(O)c1cccc(C2CCCCN2C(=O)OCC2c3ccccc3-c3ccccc32)c1. The smallest absolute Gasteiger partial charge is 0.410 e. The van der Waals surface area contributed by atoms with Crippen molar-refractivity contribution in [3.05, 3.63) is 95.1 Å². The van der Waals surface area contributed by atoms with Gasteiger partial charge in [-0.2, -0.15) is 0 Å². The van der Waals surface area contributed by atoms with Gasteiger partial charge in [0.05, 0.1) is 11.6 Å². The van der Waals surface area contributed by atoms with Gasteiger partial charge in [0.25, 0.3) is 0 Å². The molecule has 5 heteroatoms. The van der Waals surface area contributed by atoms with Gasteiger partial charge < -0.3 is 14.7 Å². The zero-order valence-corrected chi connectivity index (χ0v) is 17.7. The van der Waals surface area contributed by atoms with Gasteiger partial charge in [-0.25, -0.2) is 9.59 Å². The molecule has 5 rings (SSSR count). The summed E-state index contributed by atoms with van der Waals surface area (Å²) in [4.78, 5) is 26.3. The largest absolute Gasteiger partial charge is 0.478 e. The minimum Gasteiger partial charge on any atom is -0.478 e. The number of benzene rings is 3. The Balaban J connectivity index is 1.35. The number of carboxylic acid groups (broad SMARTS) is 1. The van der Waals surface area contributed by atoms with Crippen molar-refractivity contribution in [1.29, 1.82) is 0 Å². The van der Waals surface area contributed by atoms with Crippen LogP contribution in [0, 0.1) is 0 Å². The molecule has 0 spiro atoms. The standard InChI is InChI=1S/C27H25NO4/c29-26(30)19-9-7-8-18(16-19)25-14-5-6-15-28(25)27(31)32-17-24-22-12-3-1-10-20(22)21-11-2-4-13-23(21)24/h1-4,7-13,16,24-25H,5-6,14-15,17H2,(H,29,30). The molecule has 3 aromatic rings. The van der Waals surface area contributed by atoms with E-state index in [2.05, 4.69) is 24.3 Å². The van der Waals surface area contributed by atoms with Gasteiger partial charge in [-0.3, -0.25) is 0 Å². The Morgan fingerprint density at radius 3 is 2.28 bits per heavy atom. The van der Waals surface area contributed by atoms with Crippen molar-refractivity contribution in [2.75, 3.05) is 13.2 Å². The summed E-state index contributed by atoms with van der Waals surface area (Å²) in [6, 6.07) is 23.3. The fourth-order valence-corrected chi connectivity index (χ4v) is 5.05. The molecule has 0 bridgehead atoms. The van der Waals surface area contributed by atoms with Crippen LogP contribution in [0.15, 0.2) is 72.8 Å². The number of piperidine rings is 1. The van der Waals surface area contributed by atoms with E-state index in [1.54, 1.807) is 23.1 Å². The average molecular weight is 428 g/mol. The van der Waals surface area contributed by atoms with Gasteiger partial charge in [0, 0.05) is 12.5 Å². The van der Waals surface area contributed by atoms with E-state index in [1.807, 2.05) is 30.3 Å². The second-order valence-corrected chi connectivity index (χ2v) is 8.44. The number of hydrogen-bond acceptors (Lipinski definition) is 3. The normalized spacial score (nSPS) is 17.5. The first kappa shape index (κ1) is 20.3. The van der Waals surface area contributed by atoms with E-state index in [4.69, 9.17) is 4.74 Å². The van der Waals surface area contributed by atoms with Gasteiger partial charge >= 0.3 is 12.1 Å². The zero-order chi connectivity index (χ0) is 22.1. The molecule has 32 heavy (non-hydrogen) atoms. The number of rotatable bonds is 4. The highest BCUT2D eigenvalue weighted by atomic mass is 16.6. The average Bonchev–Trinajstić information content (AvgIpc) is 3.16. The molecule has 1 atom stereocenters. The number of likely N-dealkylation sites (tertiary alicyclic amines) is 1. The maximum Gasteiger partial charge on any atom is 0.410 e. The van der Waals surface area contributed by atoms with E-state index in [0.717, 1.165) is 24.8 Å². The summed E-state index contributed by atoms with van der Waals surface area (Å²) in [7, 11) is 0. The molecular formula is C27H25NO4. The maximum atomic E-state index is 13.2. The van der Waals surface area contributed by atoms with E-state index in [0.29, 0.717) is 6.54 Å². The molecule has 162 valence electrons. The number of aromatic carboxylic acids is 1. The first-order chi connectivity index (χ1) is 15.6. The van der Waals surface area contributed by atoms with Crippen LogP contribution in [0.25, 0.3) is 11.1 Å². The van der Waals surface area contributed by atoms with Crippen LogP contribution in [0.5, 0.6) is 0 Å². The molecule has 1 amide bonds. The van der Waals surface area contributed by atoms with Gasteiger partial charge in [0.2, 0.25) is 0 Å². The first-order valence-electron chi connectivity index (χ1n) is 11.1. The molecule has 1 aliphatic heterocycles. The molecule has 1 saturated heterocycles. The van der Waals surface area contributed by atoms with Crippen molar-refractivity contribution >= 4 is 12.1 Å². The first-order valence-corrected chi connectivity index (χ1v) is 11.1.